The Morgan fingerprint density at radius 1 is 0.684 bits per heavy atom. The summed E-state index contributed by atoms with van der Waals surface area (Å²) >= 11 is 0. The van der Waals surface area contributed by atoms with Gasteiger partial charge in [0, 0.05) is 82.7 Å². The van der Waals surface area contributed by atoms with Gasteiger partial charge in [0.15, 0.2) is 0 Å². The number of aromatic nitrogens is 2. The fourth-order valence-electron chi connectivity index (χ4n) is 12.9. The summed E-state index contributed by atoms with van der Waals surface area (Å²) in [6, 6.07) is 21.0. The van der Waals surface area contributed by atoms with Crippen LogP contribution < -0.4 is 26.6 Å². The van der Waals surface area contributed by atoms with Crippen LogP contribution in [0.25, 0.3) is 0 Å². The zero-order valence-corrected chi connectivity index (χ0v) is 47.2. The van der Waals surface area contributed by atoms with Crippen molar-refractivity contribution in [3.05, 3.63) is 118 Å². The summed E-state index contributed by atoms with van der Waals surface area (Å²) in [7, 11) is 0. The van der Waals surface area contributed by atoms with Gasteiger partial charge in [-0.2, -0.15) is 0 Å². The van der Waals surface area contributed by atoms with Gasteiger partial charge in [0.05, 0.1) is 62.0 Å². The summed E-state index contributed by atoms with van der Waals surface area (Å²) in [6.07, 6.45) is 14.3. The number of unbranched alkanes of at least 4 members (excludes halogenated alkanes) is 2. The number of hydrogen-bond acceptors (Lipinski definition) is 13. The number of primary amides is 1. The number of urea groups is 1. The number of ether oxygens (including phenoxy) is 3. The molecule has 6 N–H and O–H groups in total. The first-order chi connectivity index (χ1) is 38.3. The number of amides is 4. The first-order valence-electron chi connectivity index (χ1n) is 29.3. The molecule has 4 aromatic rings. The van der Waals surface area contributed by atoms with Gasteiger partial charge in [-0.3, -0.25) is 29.6 Å². The lowest BCUT2D eigenvalue weighted by atomic mass is 9.88. The minimum atomic E-state index is -0.841. The molecule has 18 nitrogen and oxygen atoms in total. The highest BCUT2D eigenvalue weighted by atomic mass is 16.6. The third-order valence-corrected chi connectivity index (χ3v) is 16.7. The number of benzene rings is 2. The average Bonchev–Trinajstić information content (AvgIpc) is 3.57. The number of nitrogens with one attached hydrogen (secondary N) is 1. The summed E-state index contributed by atoms with van der Waals surface area (Å²) in [5.74, 6) is 0. The van der Waals surface area contributed by atoms with E-state index >= 15 is 0 Å². The van der Waals surface area contributed by atoms with Crippen LogP contribution in [0.4, 0.5) is 25.8 Å². The highest BCUT2D eigenvalue weighted by molar-refractivity contribution is 5.72. The monoisotopic (exact) mass is 1090 g/mol. The van der Waals surface area contributed by atoms with Gasteiger partial charge >= 0.3 is 18.2 Å². The quantitative estimate of drug-likeness (QED) is 0.0743. The van der Waals surface area contributed by atoms with Crippen LogP contribution in [0.2, 0.25) is 0 Å². The third-order valence-electron chi connectivity index (χ3n) is 16.7. The number of carboxylic acid groups (broad SMARTS) is 1. The Kier molecular flexibility index (Phi) is 20.0. The summed E-state index contributed by atoms with van der Waals surface area (Å²) in [5.41, 5.74) is 22.9. The summed E-state index contributed by atoms with van der Waals surface area (Å²) < 4.78 is 17.2. The van der Waals surface area contributed by atoms with Crippen LogP contribution in [0.15, 0.2) is 73.1 Å². The van der Waals surface area contributed by atoms with Crippen molar-refractivity contribution in [3.8, 4) is 0 Å². The fraction of sp³-hybridized carbons (Fsp3) is 0.590. The van der Waals surface area contributed by atoms with Crippen LogP contribution in [0.5, 0.6) is 0 Å². The van der Waals surface area contributed by atoms with Gasteiger partial charge in [0.1, 0.15) is 5.60 Å². The number of nitrogens with two attached hydrogens (primary N) is 2. The molecule has 428 valence electrons. The first-order valence-corrected chi connectivity index (χ1v) is 29.3. The second-order valence-electron chi connectivity index (χ2n) is 23.2. The fourth-order valence-corrected chi connectivity index (χ4v) is 12.9. The van der Waals surface area contributed by atoms with E-state index in [2.05, 4.69) is 73.4 Å². The van der Waals surface area contributed by atoms with Crippen molar-refractivity contribution < 1.29 is 33.7 Å². The maximum absolute atomic E-state index is 13.7. The van der Waals surface area contributed by atoms with Crippen molar-refractivity contribution >= 4 is 29.6 Å². The number of carbonyl (C=O) groups is 3. The van der Waals surface area contributed by atoms with E-state index in [1.807, 2.05) is 50.2 Å². The van der Waals surface area contributed by atoms with Gasteiger partial charge < -0.3 is 45.9 Å². The Labute approximate surface area is 468 Å². The molecule has 4 amide bonds. The Morgan fingerprint density at radius 3 is 1.65 bits per heavy atom. The van der Waals surface area contributed by atoms with Crippen molar-refractivity contribution in [1.29, 1.82) is 0 Å². The van der Waals surface area contributed by atoms with E-state index < -0.39 is 17.7 Å². The summed E-state index contributed by atoms with van der Waals surface area (Å²) in [4.78, 5) is 60.5. The normalized spacial score (nSPS) is 21.0. The van der Waals surface area contributed by atoms with E-state index in [1.54, 1.807) is 4.90 Å². The number of fused-ring (bicyclic) bond motifs is 4. The van der Waals surface area contributed by atoms with Crippen LogP contribution >= 0.6 is 0 Å². The Balaban J connectivity index is 0.000000195. The SMILES string of the molecule is CC(C)(C)OC(=O)N1Cc2cccc(N3CCOCC3)c2C[C@@H]1CN(CCCCNC(N)=O)[C@H]1CCCc2cccnc21.NCCCCN(C[C@H]1Cc2c(cccc2N2CCOCC2)CN1C(=O)O)[C@H]1CCCc2cccnc21. The third kappa shape index (κ3) is 14.9. The van der Waals surface area contributed by atoms with E-state index in [1.165, 1.54) is 44.9 Å². The minimum Gasteiger partial charge on any atom is -0.465 e. The molecule has 79 heavy (non-hydrogen) atoms. The Bertz CT molecular complexity index is 2660. The lowest BCUT2D eigenvalue weighted by molar-refractivity contribution is 0.00455. The Hall–Kier alpha value is -6.05. The van der Waals surface area contributed by atoms with Gasteiger partial charge in [-0.1, -0.05) is 36.4 Å². The van der Waals surface area contributed by atoms with Crippen molar-refractivity contribution in [2.45, 2.75) is 141 Å². The van der Waals surface area contributed by atoms with Gasteiger partial charge in [-0.15, -0.1) is 0 Å². The van der Waals surface area contributed by atoms with Crippen molar-refractivity contribution in [1.82, 2.24) is 34.9 Å². The maximum Gasteiger partial charge on any atom is 0.410 e. The number of morpholine rings is 2. The predicted molar refractivity (Wildman–Crippen MR) is 307 cm³/mol. The lowest BCUT2D eigenvalue weighted by Gasteiger charge is -2.44. The molecule has 6 aliphatic rings. The minimum absolute atomic E-state index is 0.0672. The zero-order valence-electron chi connectivity index (χ0n) is 47.2. The van der Waals surface area contributed by atoms with Crippen LogP contribution in [-0.4, -0.2) is 162 Å². The molecular formula is C61H87N11O7. The molecule has 4 atom stereocenters. The lowest BCUT2D eigenvalue weighted by Crippen LogP contribution is -2.52. The molecule has 0 radical (unpaired) electrons. The number of carbonyl (C=O) groups excluding carboxylic acids is 2. The molecule has 0 spiro atoms. The van der Waals surface area contributed by atoms with Crippen LogP contribution in [0.3, 0.4) is 0 Å². The van der Waals surface area contributed by atoms with Crippen LogP contribution in [0.1, 0.15) is 129 Å². The number of rotatable bonds is 17. The van der Waals surface area contributed by atoms with Crippen molar-refractivity contribution in [3.63, 3.8) is 0 Å². The number of hydrogen-bond donors (Lipinski definition) is 4. The van der Waals surface area contributed by atoms with Gasteiger partial charge in [0.25, 0.3) is 0 Å². The van der Waals surface area contributed by atoms with E-state index in [0.29, 0.717) is 39.3 Å². The van der Waals surface area contributed by atoms with Gasteiger partial charge in [-0.25, -0.2) is 14.4 Å². The number of anilines is 2. The number of aryl methyl sites for hydroxylation is 2. The molecule has 2 aromatic heterocycles. The molecule has 0 saturated carbocycles. The highest BCUT2D eigenvalue weighted by Gasteiger charge is 2.39. The van der Waals surface area contributed by atoms with Crippen molar-refractivity contribution in [2.75, 3.05) is 102 Å². The maximum atomic E-state index is 13.7. The highest BCUT2D eigenvalue weighted by Crippen LogP contribution is 2.39. The standard InChI is InChI=1S/C33H48N6O4.C28H39N5O3/c1-33(2,3)43-32(41)39-22-25-10-7-12-28(37-17-19-42-20-18-37)27(25)21-26(39)23-38(16-5-4-14-36-31(34)40)29-13-6-9-24-11-8-15-35-30(24)29;29-11-1-2-13-32(26-10-3-6-21-8-5-12-30-27(21)26)20-23-18-24-22(19-33(23)28(34)35)7-4-9-25(24)31-14-16-36-17-15-31/h7-8,10-12,15,26,29H,4-6,9,13-14,16-23H2,1-3H3,(H3,34,36,40);4-5,7-9,12,23,26H,1-3,6,10-11,13-20,29H2,(H,34,35)/t26-,29+;23-,26+/m11/s1. The number of pyridine rings is 2. The number of nitrogens with zero attached hydrogens (tertiary/aromatic N) is 8. The average molecular weight is 1090 g/mol. The Morgan fingerprint density at radius 2 is 1.16 bits per heavy atom. The van der Waals surface area contributed by atoms with E-state index in [0.717, 1.165) is 154 Å². The zero-order chi connectivity index (χ0) is 55.3. The van der Waals surface area contributed by atoms with E-state index in [4.69, 9.17) is 35.6 Å². The molecular weight excluding hydrogens is 999 g/mol. The molecule has 6 heterocycles. The smallest absolute Gasteiger partial charge is 0.410 e. The molecule has 4 aliphatic heterocycles. The molecule has 0 unspecified atom stereocenters. The summed E-state index contributed by atoms with van der Waals surface area (Å²) in [6.45, 7) is 17.5. The molecule has 2 aromatic carbocycles. The van der Waals surface area contributed by atoms with E-state index in [-0.39, 0.29) is 30.3 Å². The van der Waals surface area contributed by atoms with Crippen LogP contribution in [-0.2, 0) is 53.0 Å². The van der Waals surface area contributed by atoms with Gasteiger partial charge in [-0.05, 0) is 175 Å². The molecule has 10 rings (SSSR count). The molecule has 2 fully saturated rings. The first kappa shape index (κ1) is 57.6. The second kappa shape index (κ2) is 27.4. The summed E-state index contributed by atoms with van der Waals surface area (Å²) in [5, 5.41) is 12.9. The van der Waals surface area contributed by atoms with Crippen LogP contribution in [0, 0.1) is 0 Å². The molecule has 2 aliphatic carbocycles. The topological polar surface area (TPSA) is 208 Å². The molecule has 2 saturated heterocycles. The second-order valence-corrected chi connectivity index (χ2v) is 23.2. The largest absolute Gasteiger partial charge is 0.465 e. The molecule has 18 heteroatoms. The van der Waals surface area contributed by atoms with Gasteiger partial charge in [0.2, 0.25) is 0 Å². The predicted octanol–water partition coefficient (Wildman–Crippen LogP) is 7.85. The molecule has 0 bridgehead atoms. The van der Waals surface area contributed by atoms with E-state index in [9.17, 15) is 19.5 Å². The van der Waals surface area contributed by atoms with Crippen molar-refractivity contribution in [2.24, 2.45) is 11.5 Å².